The lowest BCUT2D eigenvalue weighted by Crippen LogP contribution is -2.53. The van der Waals surface area contributed by atoms with E-state index in [0.29, 0.717) is 18.7 Å². The topological polar surface area (TPSA) is 67.4 Å². The van der Waals surface area contributed by atoms with Crippen LogP contribution in [0.15, 0.2) is 48.5 Å². The Bertz CT molecular complexity index is 963. The number of rotatable bonds is 7. The molecule has 5 heteroatoms. The lowest BCUT2D eigenvalue weighted by atomic mass is 9.49. The first-order valence-corrected chi connectivity index (χ1v) is 11.8. The van der Waals surface area contributed by atoms with Crippen LogP contribution >= 0.6 is 0 Å². The lowest BCUT2D eigenvalue weighted by molar-refractivity contribution is -0.146. The summed E-state index contributed by atoms with van der Waals surface area (Å²) in [6, 6.07) is 15.1. The lowest BCUT2D eigenvalue weighted by Gasteiger charge is -2.55. The molecular weight excluding hydrogens is 400 g/mol. The van der Waals surface area contributed by atoms with E-state index in [2.05, 4.69) is 10.6 Å². The molecule has 0 radical (unpaired) electrons. The minimum Gasteiger partial charge on any atom is -0.380 e. The van der Waals surface area contributed by atoms with Crippen LogP contribution in [0, 0.1) is 23.2 Å². The maximum Gasteiger partial charge on any atom is 0.255 e. The average molecular weight is 433 g/mol. The molecule has 0 aliphatic heterocycles. The number of anilines is 1. The molecule has 0 heterocycles. The molecule has 2 aromatic carbocycles. The Morgan fingerprint density at radius 3 is 2.22 bits per heavy atom. The van der Waals surface area contributed by atoms with E-state index >= 15 is 0 Å². The first-order valence-electron chi connectivity index (χ1n) is 11.8. The van der Waals surface area contributed by atoms with E-state index in [4.69, 9.17) is 4.74 Å². The molecule has 32 heavy (non-hydrogen) atoms. The number of amides is 2. The van der Waals surface area contributed by atoms with Crippen molar-refractivity contribution >= 4 is 17.5 Å². The van der Waals surface area contributed by atoms with E-state index < -0.39 is 0 Å². The van der Waals surface area contributed by atoms with Gasteiger partial charge >= 0.3 is 0 Å². The molecule has 0 atom stereocenters. The summed E-state index contributed by atoms with van der Waals surface area (Å²) in [4.78, 5) is 25.7. The Labute approximate surface area is 189 Å². The van der Waals surface area contributed by atoms with Gasteiger partial charge in [0.05, 0.1) is 6.61 Å². The standard InChI is InChI=1S/C27H32N2O3/c1-32-17-19-3-2-4-24(12-19)29-25(30)23-7-5-18(6-8-23)16-28-26(31)27-13-20-9-21(14-27)11-22(10-20)15-27/h2-8,12,20-22H,9-11,13-17H2,1H3,(H,28,31)(H,29,30). The molecule has 6 rings (SSSR count). The van der Waals surface area contributed by atoms with Crippen LogP contribution in [0.2, 0.25) is 0 Å². The second-order valence-corrected chi connectivity index (χ2v) is 10.2. The first kappa shape index (κ1) is 21.2. The SMILES string of the molecule is COCc1cccc(NC(=O)c2ccc(CNC(=O)C34CC5CC(CC(C5)C3)C4)cc2)c1. The van der Waals surface area contributed by atoms with Gasteiger partial charge < -0.3 is 15.4 Å². The fraction of sp³-hybridized carbons (Fsp3) is 0.481. The van der Waals surface area contributed by atoms with Gasteiger partial charge in [-0.25, -0.2) is 0 Å². The van der Waals surface area contributed by atoms with E-state index in [1.165, 1.54) is 19.3 Å². The molecule has 2 N–H and O–H groups in total. The second kappa shape index (κ2) is 8.70. The summed E-state index contributed by atoms with van der Waals surface area (Å²) in [6.07, 6.45) is 7.26. The molecular formula is C27H32N2O3. The quantitative estimate of drug-likeness (QED) is 0.653. The fourth-order valence-corrected chi connectivity index (χ4v) is 6.64. The molecule has 168 valence electrons. The molecule has 2 amide bonds. The van der Waals surface area contributed by atoms with Crippen molar-refractivity contribution in [1.29, 1.82) is 0 Å². The van der Waals surface area contributed by atoms with Crippen LogP contribution in [0.4, 0.5) is 5.69 Å². The third-order valence-corrected chi connectivity index (χ3v) is 7.68. The average Bonchev–Trinajstić information content (AvgIpc) is 2.77. The number of carbonyl (C=O) groups is 2. The zero-order valence-electron chi connectivity index (χ0n) is 18.7. The van der Waals surface area contributed by atoms with Gasteiger partial charge in [-0.2, -0.15) is 0 Å². The van der Waals surface area contributed by atoms with Crippen LogP contribution < -0.4 is 10.6 Å². The van der Waals surface area contributed by atoms with Gasteiger partial charge in [0.15, 0.2) is 0 Å². The number of hydrogen-bond donors (Lipinski definition) is 2. The molecule has 5 nitrogen and oxygen atoms in total. The van der Waals surface area contributed by atoms with Gasteiger partial charge in [-0.3, -0.25) is 9.59 Å². The van der Waals surface area contributed by atoms with Crippen molar-refractivity contribution in [3.8, 4) is 0 Å². The summed E-state index contributed by atoms with van der Waals surface area (Å²) in [6.45, 7) is 1.02. The van der Waals surface area contributed by atoms with Crippen molar-refractivity contribution in [3.05, 3.63) is 65.2 Å². The minimum atomic E-state index is -0.149. The molecule has 0 unspecified atom stereocenters. The van der Waals surface area contributed by atoms with Gasteiger partial charge in [0, 0.05) is 30.3 Å². The zero-order valence-corrected chi connectivity index (χ0v) is 18.7. The predicted molar refractivity (Wildman–Crippen MR) is 124 cm³/mol. The largest absolute Gasteiger partial charge is 0.380 e. The van der Waals surface area contributed by atoms with Crippen molar-refractivity contribution in [2.24, 2.45) is 23.2 Å². The van der Waals surface area contributed by atoms with E-state index in [-0.39, 0.29) is 17.2 Å². The van der Waals surface area contributed by atoms with E-state index in [1.54, 1.807) is 7.11 Å². The number of methoxy groups -OCH3 is 1. The number of nitrogens with one attached hydrogen (secondary N) is 2. The Morgan fingerprint density at radius 1 is 0.938 bits per heavy atom. The van der Waals surface area contributed by atoms with Crippen LogP contribution in [0.5, 0.6) is 0 Å². The van der Waals surface area contributed by atoms with Gasteiger partial charge in [-0.05, 0) is 91.7 Å². The van der Waals surface area contributed by atoms with Gasteiger partial charge in [0.2, 0.25) is 5.91 Å². The van der Waals surface area contributed by atoms with Crippen LogP contribution in [0.1, 0.15) is 60.0 Å². The Morgan fingerprint density at radius 2 is 1.59 bits per heavy atom. The van der Waals surface area contributed by atoms with Crippen LogP contribution in [0.3, 0.4) is 0 Å². The molecule has 0 aromatic heterocycles. The third kappa shape index (κ3) is 4.31. The van der Waals surface area contributed by atoms with E-state index in [1.807, 2.05) is 48.5 Å². The zero-order chi connectivity index (χ0) is 22.1. The number of carbonyl (C=O) groups excluding carboxylic acids is 2. The monoisotopic (exact) mass is 432 g/mol. The number of ether oxygens (including phenoxy) is 1. The van der Waals surface area contributed by atoms with Gasteiger partial charge in [-0.15, -0.1) is 0 Å². The Hall–Kier alpha value is -2.66. The molecule has 0 saturated heterocycles. The normalized spacial score (nSPS) is 27.8. The molecule has 4 aliphatic rings. The number of hydrogen-bond acceptors (Lipinski definition) is 3. The molecule has 4 saturated carbocycles. The summed E-state index contributed by atoms with van der Waals surface area (Å²) in [5, 5.41) is 6.15. The van der Waals surface area contributed by atoms with Crippen molar-refractivity contribution in [3.63, 3.8) is 0 Å². The maximum atomic E-state index is 13.1. The van der Waals surface area contributed by atoms with Crippen LogP contribution in [0.25, 0.3) is 0 Å². The summed E-state index contributed by atoms with van der Waals surface area (Å²) < 4.78 is 5.15. The number of benzene rings is 2. The van der Waals surface area contributed by atoms with Crippen molar-refractivity contribution in [2.75, 3.05) is 12.4 Å². The molecule has 4 aliphatic carbocycles. The molecule has 4 fully saturated rings. The highest BCUT2D eigenvalue weighted by atomic mass is 16.5. The predicted octanol–water partition coefficient (Wildman–Crippen LogP) is 4.92. The van der Waals surface area contributed by atoms with Gasteiger partial charge in [0.25, 0.3) is 5.91 Å². The van der Waals surface area contributed by atoms with Gasteiger partial charge in [-0.1, -0.05) is 24.3 Å². The second-order valence-electron chi connectivity index (χ2n) is 10.2. The summed E-state index contributed by atoms with van der Waals surface area (Å²) in [7, 11) is 1.65. The van der Waals surface area contributed by atoms with Gasteiger partial charge in [0.1, 0.15) is 0 Å². The Balaban J connectivity index is 1.17. The summed E-state index contributed by atoms with van der Waals surface area (Å²) in [5.74, 6) is 2.39. The minimum absolute atomic E-state index is 0.119. The highest BCUT2D eigenvalue weighted by molar-refractivity contribution is 6.04. The van der Waals surface area contributed by atoms with E-state index in [9.17, 15) is 9.59 Å². The van der Waals surface area contributed by atoms with E-state index in [0.717, 1.165) is 53.8 Å². The Kier molecular flexibility index (Phi) is 5.76. The van der Waals surface area contributed by atoms with Crippen molar-refractivity contribution < 1.29 is 14.3 Å². The first-order chi connectivity index (χ1) is 15.5. The highest BCUT2D eigenvalue weighted by Crippen LogP contribution is 2.60. The van der Waals surface area contributed by atoms with Crippen LogP contribution in [-0.4, -0.2) is 18.9 Å². The molecule has 0 spiro atoms. The van der Waals surface area contributed by atoms with Crippen molar-refractivity contribution in [2.45, 2.75) is 51.7 Å². The van der Waals surface area contributed by atoms with Crippen molar-refractivity contribution in [1.82, 2.24) is 5.32 Å². The third-order valence-electron chi connectivity index (χ3n) is 7.68. The fourth-order valence-electron chi connectivity index (χ4n) is 6.64. The summed E-state index contributed by atoms with van der Waals surface area (Å²) >= 11 is 0. The highest BCUT2D eigenvalue weighted by Gasteiger charge is 2.54. The smallest absolute Gasteiger partial charge is 0.255 e. The van der Waals surface area contributed by atoms with Crippen LogP contribution in [-0.2, 0) is 22.7 Å². The summed E-state index contributed by atoms with van der Waals surface area (Å²) in [5.41, 5.74) is 3.25. The molecule has 2 aromatic rings. The molecule has 4 bridgehead atoms. The maximum absolute atomic E-state index is 13.1.